The van der Waals surface area contributed by atoms with Crippen LogP contribution in [0.4, 0.5) is 0 Å². The molecule has 3 nitrogen and oxygen atoms in total. The van der Waals surface area contributed by atoms with E-state index in [-0.39, 0.29) is 5.92 Å². The van der Waals surface area contributed by atoms with Crippen LogP contribution in [0.1, 0.15) is 59.3 Å². The minimum atomic E-state index is -0.581. The lowest BCUT2D eigenvalue weighted by Crippen LogP contribution is -2.49. The summed E-state index contributed by atoms with van der Waals surface area (Å²) in [7, 11) is 0. The molecule has 1 N–H and O–H groups in total. The Hall–Kier alpha value is -0.570. The van der Waals surface area contributed by atoms with Gasteiger partial charge in [-0.25, -0.2) is 0 Å². The van der Waals surface area contributed by atoms with Crippen molar-refractivity contribution in [1.29, 1.82) is 0 Å². The van der Waals surface area contributed by atoms with Crippen molar-refractivity contribution in [2.24, 2.45) is 17.3 Å². The highest BCUT2D eigenvalue weighted by Crippen LogP contribution is 2.37. The standard InChI is InChI=1S/C16H29NO2/c1-16(2,3)12-8-10-17(11-9-12)14-7-5-4-6-13(14)15(18)19/h12-14H,4-11H2,1-3H3,(H,18,19). The number of likely N-dealkylation sites (tertiary alicyclic amines) is 1. The van der Waals surface area contributed by atoms with Gasteiger partial charge in [-0.05, 0) is 50.1 Å². The first-order chi connectivity index (χ1) is 8.89. The minimum absolute atomic E-state index is 0.125. The average molecular weight is 267 g/mol. The van der Waals surface area contributed by atoms with Crippen LogP contribution in [0.25, 0.3) is 0 Å². The SMILES string of the molecule is CC(C)(C)C1CCN(C2CCCCC2C(=O)O)CC1. The van der Waals surface area contributed by atoms with Gasteiger partial charge in [0, 0.05) is 6.04 Å². The van der Waals surface area contributed by atoms with Crippen molar-refractivity contribution in [1.82, 2.24) is 4.90 Å². The van der Waals surface area contributed by atoms with Gasteiger partial charge in [-0.15, -0.1) is 0 Å². The van der Waals surface area contributed by atoms with Crippen LogP contribution in [0.2, 0.25) is 0 Å². The molecule has 1 heterocycles. The molecule has 1 aliphatic carbocycles. The summed E-state index contributed by atoms with van der Waals surface area (Å²) in [6, 6.07) is 0.298. The van der Waals surface area contributed by atoms with Gasteiger partial charge in [-0.3, -0.25) is 9.69 Å². The maximum absolute atomic E-state index is 11.4. The third-order valence-corrected chi connectivity index (χ3v) is 5.27. The second-order valence-corrected chi connectivity index (χ2v) is 7.47. The van der Waals surface area contributed by atoms with E-state index in [1.54, 1.807) is 0 Å². The zero-order valence-corrected chi connectivity index (χ0v) is 12.7. The highest BCUT2D eigenvalue weighted by Gasteiger charge is 2.37. The van der Waals surface area contributed by atoms with E-state index in [2.05, 4.69) is 25.7 Å². The van der Waals surface area contributed by atoms with Crippen molar-refractivity contribution in [3.05, 3.63) is 0 Å². The lowest BCUT2D eigenvalue weighted by atomic mass is 9.74. The smallest absolute Gasteiger partial charge is 0.308 e. The summed E-state index contributed by atoms with van der Waals surface area (Å²) in [6.45, 7) is 9.17. The van der Waals surface area contributed by atoms with Crippen molar-refractivity contribution in [3.8, 4) is 0 Å². The molecule has 1 saturated carbocycles. The topological polar surface area (TPSA) is 40.5 Å². The number of aliphatic carboxylic acids is 1. The largest absolute Gasteiger partial charge is 0.481 e. The third kappa shape index (κ3) is 3.50. The molecule has 2 unspecified atom stereocenters. The van der Waals surface area contributed by atoms with Crippen molar-refractivity contribution < 1.29 is 9.90 Å². The fourth-order valence-electron chi connectivity index (χ4n) is 3.93. The first kappa shape index (κ1) is 14.8. The van der Waals surface area contributed by atoms with Gasteiger partial charge in [0.2, 0.25) is 0 Å². The maximum atomic E-state index is 11.4. The molecule has 2 fully saturated rings. The van der Waals surface area contributed by atoms with Gasteiger partial charge in [0.25, 0.3) is 0 Å². The number of carbonyl (C=O) groups is 1. The monoisotopic (exact) mass is 267 g/mol. The molecule has 0 aromatic heterocycles. The molecule has 1 aliphatic heterocycles. The molecule has 1 saturated heterocycles. The van der Waals surface area contributed by atoms with Gasteiger partial charge in [0.1, 0.15) is 0 Å². The highest BCUT2D eigenvalue weighted by molar-refractivity contribution is 5.71. The van der Waals surface area contributed by atoms with Crippen LogP contribution in [0.5, 0.6) is 0 Å². The fourth-order valence-corrected chi connectivity index (χ4v) is 3.93. The molecule has 0 amide bonds. The van der Waals surface area contributed by atoms with E-state index >= 15 is 0 Å². The number of nitrogens with zero attached hydrogens (tertiary/aromatic N) is 1. The molecule has 0 bridgehead atoms. The molecule has 3 heteroatoms. The van der Waals surface area contributed by atoms with Crippen molar-refractivity contribution in [3.63, 3.8) is 0 Å². The lowest BCUT2D eigenvalue weighted by Gasteiger charge is -2.44. The molecule has 2 rings (SSSR count). The van der Waals surface area contributed by atoms with E-state index in [9.17, 15) is 9.90 Å². The third-order valence-electron chi connectivity index (χ3n) is 5.27. The molecule has 0 aromatic carbocycles. The molecular formula is C16H29NO2. The number of hydrogen-bond acceptors (Lipinski definition) is 2. The van der Waals surface area contributed by atoms with E-state index in [0.717, 1.165) is 38.3 Å². The number of piperidine rings is 1. The van der Waals surface area contributed by atoms with Crippen LogP contribution in [-0.4, -0.2) is 35.1 Å². The predicted molar refractivity (Wildman–Crippen MR) is 77.1 cm³/mol. The number of carboxylic acid groups (broad SMARTS) is 1. The van der Waals surface area contributed by atoms with E-state index in [0.29, 0.717) is 11.5 Å². The van der Waals surface area contributed by atoms with Crippen molar-refractivity contribution in [2.45, 2.75) is 65.3 Å². The summed E-state index contributed by atoms with van der Waals surface area (Å²) >= 11 is 0. The van der Waals surface area contributed by atoms with E-state index in [4.69, 9.17) is 0 Å². The van der Waals surface area contributed by atoms with Crippen molar-refractivity contribution in [2.75, 3.05) is 13.1 Å². The maximum Gasteiger partial charge on any atom is 0.308 e. The summed E-state index contributed by atoms with van der Waals surface area (Å²) in [4.78, 5) is 13.9. The van der Waals surface area contributed by atoms with Gasteiger partial charge < -0.3 is 5.11 Å². The second-order valence-electron chi connectivity index (χ2n) is 7.47. The van der Waals surface area contributed by atoms with Gasteiger partial charge in [-0.2, -0.15) is 0 Å². The Bertz CT molecular complexity index is 313. The van der Waals surface area contributed by atoms with Crippen LogP contribution in [0.3, 0.4) is 0 Å². The molecule has 2 atom stereocenters. The number of carboxylic acids is 1. The Balaban J connectivity index is 1.94. The van der Waals surface area contributed by atoms with E-state index in [1.165, 1.54) is 19.3 Å². The summed E-state index contributed by atoms with van der Waals surface area (Å²) in [5.41, 5.74) is 0.394. The van der Waals surface area contributed by atoms with Gasteiger partial charge in [0.15, 0.2) is 0 Å². The first-order valence-electron chi connectivity index (χ1n) is 7.86. The molecule has 2 aliphatic rings. The van der Waals surface area contributed by atoms with E-state index < -0.39 is 5.97 Å². The first-order valence-corrected chi connectivity index (χ1v) is 7.86. The molecule has 110 valence electrons. The zero-order chi connectivity index (χ0) is 14.0. The molecule has 0 radical (unpaired) electrons. The Kier molecular flexibility index (Phi) is 4.54. The predicted octanol–water partition coefficient (Wildman–Crippen LogP) is 3.39. The quantitative estimate of drug-likeness (QED) is 0.833. The Morgan fingerprint density at radius 2 is 1.63 bits per heavy atom. The Labute approximate surface area is 117 Å². The summed E-state index contributed by atoms with van der Waals surface area (Å²) in [6.07, 6.45) is 6.70. The highest BCUT2D eigenvalue weighted by atomic mass is 16.4. The Morgan fingerprint density at radius 3 is 2.16 bits per heavy atom. The second kappa shape index (κ2) is 5.82. The van der Waals surface area contributed by atoms with E-state index in [1.807, 2.05) is 0 Å². The number of rotatable bonds is 2. The summed E-state index contributed by atoms with van der Waals surface area (Å²) in [5.74, 6) is 0.0817. The van der Waals surface area contributed by atoms with Crippen LogP contribution in [0, 0.1) is 17.3 Å². The lowest BCUT2D eigenvalue weighted by molar-refractivity contribution is -0.146. The average Bonchev–Trinajstić information content (AvgIpc) is 2.38. The minimum Gasteiger partial charge on any atom is -0.481 e. The van der Waals surface area contributed by atoms with Crippen LogP contribution < -0.4 is 0 Å². The van der Waals surface area contributed by atoms with Crippen LogP contribution in [0.15, 0.2) is 0 Å². The van der Waals surface area contributed by atoms with Gasteiger partial charge in [0.05, 0.1) is 5.92 Å². The van der Waals surface area contributed by atoms with Crippen molar-refractivity contribution >= 4 is 5.97 Å². The fraction of sp³-hybridized carbons (Fsp3) is 0.938. The zero-order valence-electron chi connectivity index (χ0n) is 12.7. The van der Waals surface area contributed by atoms with Gasteiger partial charge >= 0.3 is 5.97 Å². The molecule has 0 aromatic rings. The summed E-state index contributed by atoms with van der Waals surface area (Å²) < 4.78 is 0. The molecule has 19 heavy (non-hydrogen) atoms. The molecular weight excluding hydrogens is 238 g/mol. The van der Waals surface area contributed by atoms with Gasteiger partial charge in [-0.1, -0.05) is 33.6 Å². The van der Waals surface area contributed by atoms with Crippen LogP contribution in [-0.2, 0) is 4.79 Å². The normalized spacial score (nSPS) is 31.3. The number of hydrogen-bond donors (Lipinski definition) is 1. The van der Waals surface area contributed by atoms with Crippen LogP contribution >= 0.6 is 0 Å². The Morgan fingerprint density at radius 1 is 1.05 bits per heavy atom. The molecule has 0 spiro atoms. The summed E-state index contributed by atoms with van der Waals surface area (Å²) in [5, 5.41) is 9.39.